The van der Waals surface area contributed by atoms with Gasteiger partial charge in [-0.3, -0.25) is 4.79 Å². The second kappa shape index (κ2) is 5.59. The van der Waals surface area contributed by atoms with Crippen molar-refractivity contribution < 1.29 is 19.4 Å². The van der Waals surface area contributed by atoms with Crippen LogP contribution in [0.5, 0.6) is 0 Å². The molecule has 0 unspecified atom stereocenters. The largest absolute Gasteiger partial charge is 0.467 e. The predicted molar refractivity (Wildman–Crippen MR) is 50.5 cm³/mol. The van der Waals surface area contributed by atoms with Gasteiger partial charge in [0.2, 0.25) is 5.91 Å². The van der Waals surface area contributed by atoms with E-state index in [-0.39, 0.29) is 5.92 Å². The van der Waals surface area contributed by atoms with Gasteiger partial charge in [-0.25, -0.2) is 4.79 Å². The summed E-state index contributed by atoms with van der Waals surface area (Å²) in [5, 5.41) is 11.3. The van der Waals surface area contributed by atoms with Gasteiger partial charge in [0.1, 0.15) is 12.1 Å². The first kappa shape index (κ1) is 12.9. The number of aliphatic hydroxyl groups excluding tert-OH is 1. The van der Waals surface area contributed by atoms with E-state index in [2.05, 4.69) is 10.1 Å². The van der Waals surface area contributed by atoms with E-state index in [0.29, 0.717) is 0 Å². The van der Waals surface area contributed by atoms with Crippen LogP contribution in [0.4, 0.5) is 0 Å². The van der Waals surface area contributed by atoms with Crippen LogP contribution in [-0.4, -0.2) is 36.2 Å². The van der Waals surface area contributed by atoms with Crippen LogP contribution in [0, 0.1) is 5.92 Å². The van der Waals surface area contributed by atoms with Crippen molar-refractivity contribution in [3.8, 4) is 0 Å². The third-order valence-electron chi connectivity index (χ3n) is 1.80. The molecule has 2 N–H and O–H groups in total. The van der Waals surface area contributed by atoms with E-state index in [9.17, 15) is 9.59 Å². The van der Waals surface area contributed by atoms with Crippen LogP contribution in [0.1, 0.15) is 20.8 Å². The summed E-state index contributed by atoms with van der Waals surface area (Å²) in [6.07, 6.45) is -1.12. The van der Waals surface area contributed by atoms with Crippen molar-refractivity contribution in [2.45, 2.75) is 32.9 Å². The Hall–Kier alpha value is -1.10. The van der Waals surface area contributed by atoms with E-state index < -0.39 is 24.0 Å². The maximum Gasteiger partial charge on any atom is 0.328 e. The van der Waals surface area contributed by atoms with Gasteiger partial charge in [-0.15, -0.1) is 0 Å². The van der Waals surface area contributed by atoms with E-state index >= 15 is 0 Å². The van der Waals surface area contributed by atoms with Gasteiger partial charge in [-0.1, -0.05) is 13.8 Å². The maximum atomic E-state index is 11.2. The molecule has 5 nitrogen and oxygen atoms in total. The number of carbonyl (C=O) groups is 2. The zero-order valence-electron chi connectivity index (χ0n) is 8.90. The molecule has 0 spiro atoms. The number of ether oxygens (including phenoxy) is 1. The lowest BCUT2D eigenvalue weighted by Gasteiger charge is -2.20. The van der Waals surface area contributed by atoms with Gasteiger partial charge in [0.15, 0.2) is 0 Å². The fourth-order valence-corrected chi connectivity index (χ4v) is 0.899. The minimum absolute atomic E-state index is 0.0786. The number of nitrogens with one attached hydrogen (secondary N) is 1. The van der Waals surface area contributed by atoms with Gasteiger partial charge in [0.05, 0.1) is 7.11 Å². The molecule has 0 aromatic rings. The maximum absolute atomic E-state index is 11.2. The molecule has 1 amide bonds. The number of hydrogen-bond acceptors (Lipinski definition) is 4. The van der Waals surface area contributed by atoms with Gasteiger partial charge in [-0.05, 0) is 12.8 Å². The van der Waals surface area contributed by atoms with Crippen molar-refractivity contribution in [2.75, 3.05) is 7.11 Å². The molecule has 0 aliphatic rings. The van der Waals surface area contributed by atoms with Crippen molar-refractivity contribution in [3.05, 3.63) is 0 Å². The standard InChI is InChI=1S/C9H17NO4/c1-5(2)7(9(13)14-4)10-8(12)6(3)11/h5-7,11H,1-4H3,(H,10,12)/t6-,7-/m1/s1. The van der Waals surface area contributed by atoms with Gasteiger partial charge in [0, 0.05) is 0 Å². The van der Waals surface area contributed by atoms with E-state index in [4.69, 9.17) is 5.11 Å². The second-order valence-corrected chi connectivity index (χ2v) is 3.43. The van der Waals surface area contributed by atoms with Crippen molar-refractivity contribution in [1.82, 2.24) is 5.32 Å². The molecule has 0 saturated carbocycles. The van der Waals surface area contributed by atoms with Crippen molar-refractivity contribution >= 4 is 11.9 Å². The topological polar surface area (TPSA) is 75.6 Å². The van der Waals surface area contributed by atoms with Crippen LogP contribution in [0.25, 0.3) is 0 Å². The number of esters is 1. The lowest BCUT2D eigenvalue weighted by atomic mass is 10.0. The summed E-state index contributed by atoms with van der Waals surface area (Å²) in [7, 11) is 1.26. The van der Waals surface area contributed by atoms with E-state index in [1.807, 2.05) is 0 Å². The monoisotopic (exact) mass is 203 g/mol. The molecule has 2 atom stereocenters. The van der Waals surface area contributed by atoms with Crippen LogP contribution < -0.4 is 5.32 Å². The summed E-state index contributed by atoms with van der Waals surface area (Å²) < 4.78 is 4.52. The van der Waals surface area contributed by atoms with Crippen LogP contribution in [0.3, 0.4) is 0 Å². The molecular formula is C9H17NO4. The minimum Gasteiger partial charge on any atom is -0.467 e. The number of hydrogen-bond donors (Lipinski definition) is 2. The summed E-state index contributed by atoms with van der Waals surface area (Å²) in [6.45, 7) is 4.90. The van der Waals surface area contributed by atoms with Gasteiger partial charge < -0.3 is 15.2 Å². The number of methoxy groups -OCH3 is 1. The number of carbonyl (C=O) groups excluding carboxylic acids is 2. The molecule has 5 heteroatoms. The molecule has 0 saturated heterocycles. The fraction of sp³-hybridized carbons (Fsp3) is 0.778. The quantitative estimate of drug-likeness (QED) is 0.614. The van der Waals surface area contributed by atoms with Crippen molar-refractivity contribution in [1.29, 1.82) is 0 Å². The Morgan fingerprint density at radius 2 is 1.79 bits per heavy atom. The Balaban J connectivity index is 4.38. The molecule has 14 heavy (non-hydrogen) atoms. The molecule has 0 bridgehead atoms. The highest BCUT2D eigenvalue weighted by atomic mass is 16.5. The number of aliphatic hydroxyl groups is 1. The molecular weight excluding hydrogens is 186 g/mol. The SMILES string of the molecule is COC(=O)[C@H](NC(=O)[C@@H](C)O)C(C)C. The Bertz CT molecular complexity index is 213. The lowest BCUT2D eigenvalue weighted by molar-refractivity contribution is -0.147. The summed E-state index contributed by atoms with van der Waals surface area (Å²) in [6, 6.07) is -0.706. The van der Waals surface area contributed by atoms with E-state index in [1.54, 1.807) is 13.8 Å². The van der Waals surface area contributed by atoms with Crippen LogP contribution in [0.15, 0.2) is 0 Å². The summed E-state index contributed by atoms with van der Waals surface area (Å²) in [4.78, 5) is 22.3. The van der Waals surface area contributed by atoms with E-state index in [0.717, 1.165) is 0 Å². The van der Waals surface area contributed by atoms with Crippen LogP contribution >= 0.6 is 0 Å². The first-order valence-corrected chi connectivity index (χ1v) is 4.46. The smallest absolute Gasteiger partial charge is 0.328 e. The average molecular weight is 203 g/mol. The van der Waals surface area contributed by atoms with Gasteiger partial charge >= 0.3 is 5.97 Å². The molecule has 0 rings (SSSR count). The summed E-state index contributed by atoms with van der Waals surface area (Å²) in [5.41, 5.74) is 0. The molecule has 0 radical (unpaired) electrons. The highest BCUT2D eigenvalue weighted by molar-refractivity contribution is 5.86. The molecule has 0 aromatic heterocycles. The van der Waals surface area contributed by atoms with Crippen molar-refractivity contribution in [3.63, 3.8) is 0 Å². The highest BCUT2D eigenvalue weighted by Crippen LogP contribution is 2.03. The molecule has 0 aliphatic heterocycles. The van der Waals surface area contributed by atoms with Crippen LogP contribution in [0.2, 0.25) is 0 Å². The number of rotatable bonds is 4. The molecule has 0 aliphatic carbocycles. The Labute approximate surface area is 83.4 Å². The Morgan fingerprint density at radius 3 is 2.07 bits per heavy atom. The van der Waals surface area contributed by atoms with Crippen molar-refractivity contribution in [2.24, 2.45) is 5.92 Å². The van der Waals surface area contributed by atoms with Gasteiger partial charge in [-0.2, -0.15) is 0 Å². The Morgan fingerprint density at radius 1 is 1.29 bits per heavy atom. The molecule has 0 aromatic carbocycles. The predicted octanol–water partition coefficient (Wildman–Crippen LogP) is -0.319. The first-order chi connectivity index (χ1) is 6.40. The molecule has 82 valence electrons. The fourth-order valence-electron chi connectivity index (χ4n) is 0.899. The zero-order valence-corrected chi connectivity index (χ0v) is 8.90. The number of amides is 1. The van der Waals surface area contributed by atoms with Gasteiger partial charge in [0.25, 0.3) is 0 Å². The Kier molecular flexibility index (Phi) is 5.15. The van der Waals surface area contributed by atoms with Crippen LogP contribution in [-0.2, 0) is 14.3 Å². The second-order valence-electron chi connectivity index (χ2n) is 3.43. The lowest BCUT2D eigenvalue weighted by Crippen LogP contribution is -2.48. The minimum atomic E-state index is -1.12. The summed E-state index contributed by atoms with van der Waals surface area (Å²) in [5.74, 6) is -1.16. The highest BCUT2D eigenvalue weighted by Gasteiger charge is 2.25. The molecule has 0 heterocycles. The third-order valence-corrected chi connectivity index (χ3v) is 1.80. The first-order valence-electron chi connectivity index (χ1n) is 4.46. The normalized spacial score (nSPS) is 14.7. The van der Waals surface area contributed by atoms with E-state index in [1.165, 1.54) is 14.0 Å². The summed E-state index contributed by atoms with van der Waals surface area (Å²) >= 11 is 0. The zero-order chi connectivity index (χ0) is 11.3. The average Bonchev–Trinajstić information content (AvgIpc) is 2.11. The molecule has 0 fully saturated rings. The third kappa shape index (κ3) is 3.74.